The van der Waals surface area contributed by atoms with Crippen LogP contribution < -0.4 is 5.48 Å². The lowest BCUT2D eigenvalue weighted by molar-refractivity contribution is -0.251. The minimum Gasteiger partial charge on any atom is -0.313 e. The molecule has 21 heavy (non-hydrogen) atoms. The van der Waals surface area contributed by atoms with E-state index in [2.05, 4.69) is 33.2 Å². The SMILES string of the molecule is CC1(C)CC(NOCCCCC2CCC2)CC(C)(C)N1O. The smallest absolute Gasteiger partial charge is 0.0682 e. The Labute approximate surface area is 130 Å². The lowest BCUT2D eigenvalue weighted by Crippen LogP contribution is -2.62. The Balaban J connectivity index is 1.61. The molecule has 4 heteroatoms. The molecule has 2 rings (SSSR count). The van der Waals surface area contributed by atoms with E-state index in [0.717, 1.165) is 31.8 Å². The quantitative estimate of drug-likeness (QED) is 0.553. The minimum absolute atomic E-state index is 0.215. The van der Waals surface area contributed by atoms with Crippen LogP contribution in [0.1, 0.15) is 79.1 Å². The Hall–Kier alpha value is -0.160. The highest BCUT2D eigenvalue weighted by Gasteiger charge is 2.45. The zero-order chi connectivity index (χ0) is 15.5. The molecular formula is C17H34N2O2. The zero-order valence-electron chi connectivity index (χ0n) is 14.3. The number of unbranched alkanes of at least 4 members (excludes halogenated alkanes) is 1. The molecule has 0 radical (unpaired) electrons. The molecule has 0 spiro atoms. The van der Waals surface area contributed by atoms with E-state index < -0.39 is 0 Å². The lowest BCUT2D eigenvalue weighted by Gasteiger charge is -2.51. The third-order valence-corrected chi connectivity index (χ3v) is 5.22. The second-order valence-electron chi connectivity index (χ2n) is 8.30. The van der Waals surface area contributed by atoms with Crippen molar-refractivity contribution in [2.45, 2.75) is 96.2 Å². The number of hydrogen-bond donors (Lipinski definition) is 2. The van der Waals surface area contributed by atoms with Crippen LogP contribution in [0.15, 0.2) is 0 Å². The first-order chi connectivity index (χ1) is 9.81. The molecule has 124 valence electrons. The molecule has 1 aliphatic heterocycles. The molecule has 0 aromatic carbocycles. The molecule has 1 saturated heterocycles. The second-order valence-corrected chi connectivity index (χ2v) is 8.30. The lowest BCUT2D eigenvalue weighted by atomic mass is 9.79. The van der Waals surface area contributed by atoms with Crippen molar-refractivity contribution in [2.75, 3.05) is 6.61 Å². The summed E-state index contributed by atoms with van der Waals surface area (Å²) in [5.74, 6) is 1.01. The zero-order valence-corrected chi connectivity index (χ0v) is 14.3. The summed E-state index contributed by atoms with van der Waals surface area (Å²) >= 11 is 0. The van der Waals surface area contributed by atoms with Gasteiger partial charge in [-0.15, -0.1) is 0 Å². The Morgan fingerprint density at radius 2 is 1.71 bits per heavy atom. The third kappa shape index (κ3) is 4.65. The summed E-state index contributed by atoms with van der Waals surface area (Å²) in [6, 6.07) is 0.310. The highest BCUT2D eigenvalue weighted by atomic mass is 16.6. The molecular weight excluding hydrogens is 264 g/mol. The van der Waals surface area contributed by atoms with Crippen LogP contribution in [0.25, 0.3) is 0 Å². The molecule has 1 heterocycles. The molecule has 0 aromatic heterocycles. The number of rotatable bonds is 7. The molecule has 0 unspecified atom stereocenters. The van der Waals surface area contributed by atoms with E-state index in [1.165, 1.54) is 37.2 Å². The number of piperidine rings is 1. The van der Waals surface area contributed by atoms with Gasteiger partial charge >= 0.3 is 0 Å². The number of nitrogens with zero attached hydrogens (tertiary/aromatic N) is 1. The molecule has 2 fully saturated rings. The summed E-state index contributed by atoms with van der Waals surface area (Å²) < 4.78 is 0. The Kier molecular flexibility index (Phi) is 5.69. The summed E-state index contributed by atoms with van der Waals surface area (Å²) in [5.41, 5.74) is 2.80. The van der Waals surface area contributed by atoms with Crippen LogP contribution in [-0.2, 0) is 4.84 Å². The maximum absolute atomic E-state index is 10.3. The normalized spacial score (nSPS) is 26.7. The first kappa shape index (κ1) is 17.2. The maximum Gasteiger partial charge on any atom is 0.0682 e. The average Bonchev–Trinajstić information content (AvgIpc) is 2.32. The Morgan fingerprint density at radius 3 is 2.24 bits per heavy atom. The van der Waals surface area contributed by atoms with Crippen molar-refractivity contribution in [3.05, 3.63) is 0 Å². The van der Waals surface area contributed by atoms with Gasteiger partial charge in [0.1, 0.15) is 0 Å². The molecule has 2 aliphatic rings. The third-order valence-electron chi connectivity index (χ3n) is 5.22. The van der Waals surface area contributed by atoms with Crippen molar-refractivity contribution in [1.29, 1.82) is 0 Å². The Bertz CT molecular complexity index is 309. The monoisotopic (exact) mass is 298 g/mol. The fraction of sp³-hybridized carbons (Fsp3) is 1.00. The van der Waals surface area contributed by atoms with Crippen molar-refractivity contribution >= 4 is 0 Å². The molecule has 1 aliphatic carbocycles. The van der Waals surface area contributed by atoms with Crippen LogP contribution in [0.4, 0.5) is 0 Å². The van der Waals surface area contributed by atoms with Crippen LogP contribution in [-0.4, -0.2) is 34.0 Å². The summed E-state index contributed by atoms with van der Waals surface area (Å²) in [5, 5.41) is 11.8. The van der Waals surface area contributed by atoms with Gasteiger partial charge in [-0.05, 0) is 52.9 Å². The van der Waals surface area contributed by atoms with Crippen LogP contribution in [0.3, 0.4) is 0 Å². The van der Waals surface area contributed by atoms with Crippen molar-refractivity contribution in [1.82, 2.24) is 10.5 Å². The van der Waals surface area contributed by atoms with Gasteiger partial charge in [-0.25, -0.2) is 0 Å². The van der Waals surface area contributed by atoms with Gasteiger partial charge in [0.25, 0.3) is 0 Å². The predicted molar refractivity (Wildman–Crippen MR) is 85.1 cm³/mol. The van der Waals surface area contributed by atoms with E-state index in [1.54, 1.807) is 0 Å². The van der Waals surface area contributed by atoms with Gasteiger partial charge in [0.2, 0.25) is 0 Å². The van der Waals surface area contributed by atoms with Crippen molar-refractivity contribution in [3.8, 4) is 0 Å². The minimum atomic E-state index is -0.215. The molecule has 0 bridgehead atoms. The largest absolute Gasteiger partial charge is 0.313 e. The average molecular weight is 298 g/mol. The second kappa shape index (κ2) is 6.95. The van der Waals surface area contributed by atoms with Crippen LogP contribution in [0.2, 0.25) is 0 Å². The van der Waals surface area contributed by atoms with Gasteiger partial charge in [0, 0.05) is 17.1 Å². The summed E-state index contributed by atoms with van der Waals surface area (Å²) in [6.07, 6.45) is 9.95. The fourth-order valence-corrected chi connectivity index (χ4v) is 3.92. The van der Waals surface area contributed by atoms with Crippen LogP contribution in [0, 0.1) is 5.92 Å². The topological polar surface area (TPSA) is 44.7 Å². The van der Waals surface area contributed by atoms with Gasteiger partial charge in [-0.3, -0.25) is 0 Å². The van der Waals surface area contributed by atoms with E-state index in [0.29, 0.717) is 6.04 Å². The number of hydroxylamine groups is 3. The first-order valence-electron chi connectivity index (χ1n) is 8.68. The highest BCUT2D eigenvalue weighted by Crippen LogP contribution is 2.36. The van der Waals surface area contributed by atoms with E-state index in [1.807, 2.05) is 0 Å². The van der Waals surface area contributed by atoms with Gasteiger partial charge < -0.3 is 10.0 Å². The van der Waals surface area contributed by atoms with Gasteiger partial charge in [-0.2, -0.15) is 10.5 Å². The Morgan fingerprint density at radius 1 is 1.10 bits per heavy atom. The van der Waals surface area contributed by atoms with E-state index in [4.69, 9.17) is 4.84 Å². The highest BCUT2D eigenvalue weighted by molar-refractivity contribution is 4.97. The number of hydrogen-bond acceptors (Lipinski definition) is 4. The van der Waals surface area contributed by atoms with Gasteiger partial charge in [0.15, 0.2) is 0 Å². The molecule has 2 N–H and O–H groups in total. The van der Waals surface area contributed by atoms with Crippen molar-refractivity contribution in [3.63, 3.8) is 0 Å². The standard InChI is InChI=1S/C17H34N2O2/c1-16(2)12-15(13-17(3,4)19(16)20)18-21-11-6-5-8-14-9-7-10-14/h14-15,18,20H,5-13H2,1-4H3. The van der Waals surface area contributed by atoms with Crippen molar-refractivity contribution in [2.24, 2.45) is 5.92 Å². The van der Waals surface area contributed by atoms with E-state index in [9.17, 15) is 5.21 Å². The van der Waals surface area contributed by atoms with Crippen molar-refractivity contribution < 1.29 is 10.0 Å². The van der Waals surface area contributed by atoms with Crippen LogP contribution >= 0.6 is 0 Å². The predicted octanol–water partition coefficient (Wildman–Crippen LogP) is 3.89. The summed E-state index contributed by atoms with van der Waals surface area (Å²) in [6.45, 7) is 9.14. The molecule has 1 saturated carbocycles. The summed E-state index contributed by atoms with van der Waals surface area (Å²) in [4.78, 5) is 5.68. The van der Waals surface area contributed by atoms with Gasteiger partial charge in [0.05, 0.1) is 6.61 Å². The molecule has 0 amide bonds. The van der Waals surface area contributed by atoms with E-state index >= 15 is 0 Å². The summed E-state index contributed by atoms with van der Waals surface area (Å²) in [7, 11) is 0. The molecule has 0 atom stereocenters. The first-order valence-corrected chi connectivity index (χ1v) is 8.68. The van der Waals surface area contributed by atoms with E-state index in [-0.39, 0.29) is 11.1 Å². The number of nitrogens with one attached hydrogen (secondary N) is 1. The maximum atomic E-state index is 10.3. The van der Waals surface area contributed by atoms with Gasteiger partial charge in [-0.1, -0.05) is 32.1 Å². The van der Waals surface area contributed by atoms with Crippen LogP contribution in [0.5, 0.6) is 0 Å². The molecule has 4 nitrogen and oxygen atoms in total. The fourth-order valence-electron chi connectivity index (χ4n) is 3.92. The molecule has 0 aromatic rings.